The summed E-state index contributed by atoms with van der Waals surface area (Å²) in [7, 11) is 0. The maximum atomic E-state index is 15.5. The van der Waals surface area contributed by atoms with Crippen LogP contribution in [-0.4, -0.2) is 42.6 Å². The topological polar surface area (TPSA) is 100 Å². The molecule has 1 fully saturated rings. The van der Waals surface area contributed by atoms with Gasteiger partial charge in [0.1, 0.15) is 36.1 Å². The molecule has 8 heteroatoms. The molecule has 0 aliphatic carbocycles. The summed E-state index contributed by atoms with van der Waals surface area (Å²) in [6.07, 6.45) is 2.02. The third-order valence-electron chi connectivity index (χ3n) is 6.48. The Kier molecular flexibility index (Phi) is 9.79. The van der Waals surface area contributed by atoms with Gasteiger partial charge in [-0.15, -0.1) is 0 Å². The zero-order valence-corrected chi connectivity index (χ0v) is 23.3. The van der Waals surface area contributed by atoms with Crippen LogP contribution in [0.4, 0.5) is 4.39 Å². The van der Waals surface area contributed by atoms with E-state index in [4.69, 9.17) is 24.7 Å². The van der Waals surface area contributed by atoms with E-state index >= 15 is 4.39 Å². The monoisotopic (exact) mass is 551 g/mol. The first-order chi connectivity index (χ1) is 19.1. The Morgan fingerprint density at radius 2 is 1.93 bits per heavy atom. The lowest BCUT2D eigenvalue weighted by atomic mass is 9.97. The highest BCUT2D eigenvalue weighted by molar-refractivity contribution is 5.74. The van der Waals surface area contributed by atoms with Crippen LogP contribution in [0.15, 0.2) is 60.7 Å². The molecule has 0 spiro atoms. The molecule has 3 aromatic carbocycles. The van der Waals surface area contributed by atoms with Crippen molar-refractivity contribution >= 4 is 5.97 Å². The fraction of sp³-hybridized carbons (Fsp3) is 0.406. The quantitative estimate of drug-likeness (QED) is 0.303. The number of hydrogen-bond donors (Lipinski definition) is 2. The molecule has 40 heavy (non-hydrogen) atoms. The number of carbonyl (C=O) groups excluding carboxylic acids is 1. The van der Waals surface area contributed by atoms with Crippen LogP contribution < -0.4 is 15.2 Å². The second-order valence-electron chi connectivity index (χ2n) is 11.0. The van der Waals surface area contributed by atoms with Gasteiger partial charge >= 0.3 is 5.97 Å². The Labute approximate surface area is 235 Å². The van der Waals surface area contributed by atoms with Crippen LogP contribution in [0, 0.1) is 5.82 Å². The van der Waals surface area contributed by atoms with Crippen molar-refractivity contribution in [1.29, 1.82) is 0 Å². The van der Waals surface area contributed by atoms with Crippen molar-refractivity contribution in [2.24, 2.45) is 5.73 Å². The first-order valence-corrected chi connectivity index (χ1v) is 13.6. The van der Waals surface area contributed by atoms with E-state index in [-0.39, 0.29) is 37.3 Å². The number of aliphatic hydroxyl groups is 1. The molecule has 0 saturated carbocycles. The molecule has 1 aliphatic heterocycles. The molecular weight excluding hydrogens is 513 g/mol. The molecule has 0 radical (unpaired) electrons. The normalized spacial score (nSPS) is 16.0. The van der Waals surface area contributed by atoms with Gasteiger partial charge in [0.25, 0.3) is 0 Å². The van der Waals surface area contributed by atoms with Gasteiger partial charge in [0.15, 0.2) is 0 Å². The van der Waals surface area contributed by atoms with E-state index in [0.29, 0.717) is 34.8 Å². The summed E-state index contributed by atoms with van der Waals surface area (Å²) in [5, 5.41) is 9.48. The van der Waals surface area contributed by atoms with E-state index in [2.05, 4.69) is 0 Å². The fourth-order valence-corrected chi connectivity index (χ4v) is 4.59. The molecule has 1 unspecified atom stereocenters. The number of benzene rings is 3. The van der Waals surface area contributed by atoms with Crippen molar-refractivity contribution in [3.05, 3.63) is 83.2 Å². The molecule has 2 atom stereocenters. The van der Waals surface area contributed by atoms with Crippen LogP contribution >= 0.6 is 0 Å². The van der Waals surface area contributed by atoms with E-state index in [9.17, 15) is 9.90 Å². The molecule has 214 valence electrons. The number of halogens is 1. The predicted octanol–water partition coefficient (Wildman–Crippen LogP) is 5.51. The zero-order valence-electron chi connectivity index (χ0n) is 23.3. The van der Waals surface area contributed by atoms with Crippen LogP contribution in [-0.2, 0) is 27.3 Å². The molecule has 3 N–H and O–H groups in total. The van der Waals surface area contributed by atoms with E-state index < -0.39 is 17.5 Å². The minimum absolute atomic E-state index is 0.0192. The Bertz CT molecular complexity index is 1300. The van der Waals surface area contributed by atoms with Crippen molar-refractivity contribution in [3.8, 4) is 22.6 Å². The van der Waals surface area contributed by atoms with Gasteiger partial charge in [-0.3, -0.25) is 4.79 Å². The average molecular weight is 552 g/mol. The smallest absolute Gasteiger partial charge is 0.310 e. The van der Waals surface area contributed by atoms with Gasteiger partial charge in [0.05, 0.1) is 25.2 Å². The van der Waals surface area contributed by atoms with E-state index in [1.54, 1.807) is 30.3 Å². The minimum atomic E-state index is -0.830. The maximum Gasteiger partial charge on any atom is 0.310 e. The summed E-state index contributed by atoms with van der Waals surface area (Å²) in [5.41, 5.74) is 7.98. The molecule has 1 heterocycles. The molecule has 1 aliphatic rings. The van der Waals surface area contributed by atoms with Gasteiger partial charge in [-0.2, -0.15) is 0 Å². The second kappa shape index (κ2) is 13.3. The van der Waals surface area contributed by atoms with Crippen LogP contribution in [0.3, 0.4) is 0 Å². The third-order valence-corrected chi connectivity index (χ3v) is 6.48. The lowest BCUT2D eigenvalue weighted by Crippen LogP contribution is -2.25. The Morgan fingerprint density at radius 1 is 1.12 bits per heavy atom. The van der Waals surface area contributed by atoms with Crippen LogP contribution in [0.2, 0.25) is 0 Å². The first-order valence-electron chi connectivity index (χ1n) is 13.6. The number of rotatable bonds is 11. The van der Waals surface area contributed by atoms with Crippen molar-refractivity contribution < 1.29 is 33.2 Å². The van der Waals surface area contributed by atoms with Gasteiger partial charge in [-0.25, -0.2) is 4.39 Å². The minimum Gasteiger partial charge on any atom is -0.491 e. The van der Waals surface area contributed by atoms with E-state index in [0.717, 1.165) is 25.0 Å². The van der Waals surface area contributed by atoms with Crippen LogP contribution in [0.25, 0.3) is 11.1 Å². The van der Waals surface area contributed by atoms with Crippen molar-refractivity contribution in [1.82, 2.24) is 0 Å². The standard InChI is InChI=1S/C32H38FNO6/c1-32(2,3)40-30(36)17-22-8-4-5-12-29(22)39-19-21-14-23(16-25(15-21)38-20-24-9-7-13-37-24)26-10-6-11-27(31(26)33)28(34)18-35/h4-6,8,10-12,14-16,24,28,35H,7,9,13,17-20,34H2,1-3H3/t24?,28-/m1/s1. The molecule has 0 amide bonds. The molecule has 7 nitrogen and oxygen atoms in total. The summed E-state index contributed by atoms with van der Waals surface area (Å²) in [4.78, 5) is 12.4. The van der Waals surface area contributed by atoms with Crippen LogP contribution in [0.1, 0.15) is 56.3 Å². The summed E-state index contributed by atoms with van der Waals surface area (Å²) < 4.78 is 38.9. The first kappa shape index (κ1) is 29.5. The van der Waals surface area contributed by atoms with Crippen molar-refractivity contribution in [3.63, 3.8) is 0 Å². The zero-order chi connectivity index (χ0) is 28.7. The highest BCUT2D eigenvalue weighted by atomic mass is 19.1. The Morgan fingerprint density at radius 3 is 2.65 bits per heavy atom. The van der Waals surface area contributed by atoms with E-state index in [1.807, 2.05) is 51.1 Å². The highest BCUT2D eigenvalue weighted by Gasteiger charge is 2.20. The SMILES string of the molecule is CC(C)(C)OC(=O)Cc1ccccc1OCc1cc(OCC2CCCO2)cc(-c2cccc([C@H](N)CO)c2F)c1. The number of carbonyl (C=O) groups is 1. The number of hydrogen-bond acceptors (Lipinski definition) is 7. The summed E-state index contributed by atoms with van der Waals surface area (Å²) in [6, 6.07) is 16.9. The number of esters is 1. The van der Waals surface area contributed by atoms with Gasteiger partial charge in [-0.1, -0.05) is 36.4 Å². The van der Waals surface area contributed by atoms with Crippen molar-refractivity contribution in [2.75, 3.05) is 19.8 Å². The van der Waals surface area contributed by atoms with Crippen molar-refractivity contribution in [2.45, 2.75) is 64.4 Å². The summed E-state index contributed by atoms with van der Waals surface area (Å²) in [5.74, 6) is 0.286. The van der Waals surface area contributed by atoms with Gasteiger partial charge in [-0.05, 0) is 69.0 Å². The Hall–Kier alpha value is -3.46. The summed E-state index contributed by atoms with van der Waals surface area (Å²) in [6.45, 7) is 6.39. The average Bonchev–Trinajstić information content (AvgIpc) is 3.44. The lowest BCUT2D eigenvalue weighted by Gasteiger charge is -2.20. The molecule has 1 saturated heterocycles. The summed E-state index contributed by atoms with van der Waals surface area (Å²) >= 11 is 0. The number of nitrogens with two attached hydrogens (primary N) is 1. The second-order valence-corrected chi connectivity index (χ2v) is 11.0. The maximum absolute atomic E-state index is 15.5. The van der Waals surface area contributed by atoms with Crippen LogP contribution in [0.5, 0.6) is 11.5 Å². The molecule has 0 bridgehead atoms. The molecule has 3 aromatic rings. The van der Waals surface area contributed by atoms with Gasteiger partial charge in [0, 0.05) is 23.3 Å². The third kappa shape index (κ3) is 8.03. The highest BCUT2D eigenvalue weighted by Crippen LogP contribution is 2.32. The number of para-hydroxylation sites is 1. The predicted molar refractivity (Wildman–Crippen MR) is 151 cm³/mol. The number of ether oxygens (including phenoxy) is 4. The number of aliphatic hydroxyl groups excluding tert-OH is 1. The molecule has 4 rings (SSSR count). The Balaban J connectivity index is 1.59. The molecular formula is C32H38FNO6. The lowest BCUT2D eigenvalue weighted by molar-refractivity contribution is -0.153. The molecule has 0 aromatic heterocycles. The fourth-order valence-electron chi connectivity index (χ4n) is 4.59. The van der Waals surface area contributed by atoms with Gasteiger partial charge < -0.3 is 29.8 Å². The van der Waals surface area contributed by atoms with E-state index in [1.165, 1.54) is 0 Å². The largest absolute Gasteiger partial charge is 0.491 e. The van der Waals surface area contributed by atoms with Gasteiger partial charge in [0.2, 0.25) is 0 Å².